The van der Waals surface area contributed by atoms with Gasteiger partial charge < -0.3 is 36.4 Å². The van der Waals surface area contributed by atoms with Crippen LogP contribution in [0, 0.1) is 5.41 Å². The van der Waals surface area contributed by atoms with Gasteiger partial charge in [0.2, 0.25) is 0 Å². The molecule has 6 N–H and O–H groups in total. The quantitative estimate of drug-likeness (QED) is 0.288. The van der Waals surface area contributed by atoms with E-state index in [2.05, 4.69) is 26.3 Å². The van der Waals surface area contributed by atoms with Crippen molar-refractivity contribution in [3.05, 3.63) is 52.0 Å². The summed E-state index contributed by atoms with van der Waals surface area (Å²) in [5, 5.41) is 29.4. The molecule has 1 aromatic heterocycles. The summed E-state index contributed by atoms with van der Waals surface area (Å²) < 4.78 is 1.75. The molecule has 0 spiro atoms. The summed E-state index contributed by atoms with van der Waals surface area (Å²) >= 11 is 0. The number of amides is 1. The molecule has 2 saturated carbocycles. The number of carbonyl (C=O) groups is 1. The van der Waals surface area contributed by atoms with Gasteiger partial charge in [-0.1, -0.05) is 0 Å². The second-order valence-electron chi connectivity index (χ2n) is 8.32. The molecule has 32 heavy (non-hydrogen) atoms. The zero-order chi connectivity index (χ0) is 22.7. The first kappa shape index (κ1) is 21.8. The molecule has 1 aromatic rings. The van der Waals surface area contributed by atoms with Crippen LogP contribution in [0.1, 0.15) is 44.6 Å². The zero-order valence-corrected chi connectivity index (χ0v) is 18.0. The van der Waals surface area contributed by atoms with Crippen molar-refractivity contribution in [2.75, 3.05) is 12.4 Å². The number of nitrogens with one attached hydrogen (secondary N) is 5. The van der Waals surface area contributed by atoms with E-state index in [-0.39, 0.29) is 29.0 Å². The van der Waals surface area contributed by atoms with Gasteiger partial charge in [-0.05, 0) is 50.7 Å². The molecule has 0 radical (unpaired) electrons. The number of amidine groups is 1. The largest absolute Gasteiger partial charge is 0.393 e. The van der Waals surface area contributed by atoms with Crippen molar-refractivity contribution in [2.24, 2.45) is 4.99 Å². The van der Waals surface area contributed by atoms with E-state index in [4.69, 9.17) is 5.41 Å². The Morgan fingerprint density at radius 2 is 2.16 bits per heavy atom. The Kier molecular flexibility index (Phi) is 6.40. The molecule has 2 fully saturated rings. The maximum Gasteiger partial charge on any atom is 0.274 e. The van der Waals surface area contributed by atoms with Crippen LogP contribution in [0.25, 0.3) is 0 Å². The summed E-state index contributed by atoms with van der Waals surface area (Å²) in [7, 11) is 1.72. The predicted octanol–water partition coefficient (Wildman–Crippen LogP) is 0.938. The van der Waals surface area contributed by atoms with Gasteiger partial charge in [0.1, 0.15) is 23.2 Å². The van der Waals surface area contributed by atoms with E-state index < -0.39 is 12.0 Å². The van der Waals surface area contributed by atoms with Crippen molar-refractivity contribution in [3.8, 4) is 0 Å². The smallest absolute Gasteiger partial charge is 0.274 e. The molecule has 1 unspecified atom stereocenters. The maximum atomic E-state index is 12.9. The summed E-state index contributed by atoms with van der Waals surface area (Å²) in [6, 6.07) is 3.64. The molecule has 3 aliphatic rings. The first-order valence-electron chi connectivity index (χ1n) is 11.0. The Labute approximate surface area is 186 Å². The van der Waals surface area contributed by atoms with Gasteiger partial charge >= 0.3 is 0 Å². The Balaban J connectivity index is 1.59. The summed E-state index contributed by atoms with van der Waals surface area (Å²) in [5.74, 6) is 0.695. The molecule has 1 aliphatic heterocycles. The number of rotatable bonds is 6. The van der Waals surface area contributed by atoms with Gasteiger partial charge in [0.25, 0.3) is 11.5 Å². The van der Waals surface area contributed by atoms with Crippen LogP contribution < -0.4 is 26.8 Å². The van der Waals surface area contributed by atoms with E-state index in [0.717, 1.165) is 25.5 Å². The summed E-state index contributed by atoms with van der Waals surface area (Å²) in [5.41, 5.74) is 0.339. The SMILES string of the molecule is CNC1=CC(Nc2cccn(C3CCC3)c2=O)=N/C(=C(/C=N)C(=O)N[C@@H]2CCC(O)C2)N1. The highest BCUT2D eigenvalue weighted by atomic mass is 16.3. The Morgan fingerprint density at radius 1 is 1.34 bits per heavy atom. The molecule has 2 aliphatic carbocycles. The van der Waals surface area contributed by atoms with E-state index in [1.54, 1.807) is 30.0 Å². The van der Waals surface area contributed by atoms with Crippen molar-refractivity contribution in [1.29, 1.82) is 5.41 Å². The van der Waals surface area contributed by atoms with Gasteiger partial charge in [-0.3, -0.25) is 9.59 Å². The number of aliphatic hydroxyl groups is 1. The lowest BCUT2D eigenvalue weighted by Crippen LogP contribution is -2.38. The first-order valence-corrected chi connectivity index (χ1v) is 11.0. The van der Waals surface area contributed by atoms with Crippen LogP contribution in [0.15, 0.2) is 51.4 Å². The summed E-state index contributed by atoms with van der Waals surface area (Å²) in [4.78, 5) is 30.1. The molecule has 170 valence electrons. The van der Waals surface area contributed by atoms with E-state index in [1.165, 1.54) is 0 Å². The molecule has 0 saturated heterocycles. The van der Waals surface area contributed by atoms with Crippen LogP contribution in [0.5, 0.6) is 0 Å². The van der Waals surface area contributed by atoms with E-state index in [1.807, 2.05) is 6.07 Å². The highest BCUT2D eigenvalue weighted by molar-refractivity contribution is 6.13. The fourth-order valence-electron chi connectivity index (χ4n) is 4.10. The summed E-state index contributed by atoms with van der Waals surface area (Å²) in [6.45, 7) is 0. The van der Waals surface area contributed by atoms with Crippen LogP contribution in [0.4, 0.5) is 5.69 Å². The van der Waals surface area contributed by atoms with Crippen LogP contribution in [0.2, 0.25) is 0 Å². The highest BCUT2D eigenvalue weighted by Gasteiger charge is 2.27. The molecule has 10 heteroatoms. The van der Waals surface area contributed by atoms with Gasteiger partial charge in [-0.2, -0.15) is 0 Å². The zero-order valence-electron chi connectivity index (χ0n) is 18.0. The van der Waals surface area contributed by atoms with Gasteiger partial charge in [-0.15, -0.1) is 0 Å². The third-order valence-electron chi connectivity index (χ3n) is 6.13. The second kappa shape index (κ2) is 9.39. The highest BCUT2D eigenvalue weighted by Crippen LogP contribution is 2.30. The maximum absolute atomic E-state index is 12.9. The average Bonchev–Trinajstić information content (AvgIpc) is 3.14. The molecular formula is C22H29N7O3. The Morgan fingerprint density at radius 3 is 2.78 bits per heavy atom. The standard InChI is InChI=1S/C22H29N7O3/c1-24-18-11-19(26-17-6-3-9-29(22(17)32)14-4-2-5-14)28-20(27-18)16(12-23)21(31)25-13-7-8-15(30)10-13/h3,6,9,11-15,23-24,27,30H,2,4-5,7-8,10H2,1H3,(H,25,31)(H,26,28)/b20-16-,23-12?/t13-,15?/m1/s1. The number of aliphatic imine (C=N–C) groups is 1. The van der Waals surface area contributed by atoms with Gasteiger partial charge in [0.15, 0.2) is 0 Å². The van der Waals surface area contributed by atoms with E-state index >= 15 is 0 Å². The van der Waals surface area contributed by atoms with Gasteiger partial charge in [0.05, 0.1) is 11.7 Å². The lowest BCUT2D eigenvalue weighted by atomic mass is 9.93. The number of hydrogen-bond donors (Lipinski definition) is 6. The number of nitrogens with zero attached hydrogens (tertiary/aromatic N) is 2. The van der Waals surface area contributed by atoms with Gasteiger partial charge in [-0.25, -0.2) is 4.99 Å². The fraction of sp³-hybridized carbons (Fsp3) is 0.455. The average molecular weight is 440 g/mol. The predicted molar refractivity (Wildman–Crippen MR) is 123 cm³/mol. The third kappa shape index (κ3) is 4.59. The minimum Gasteiger partial charge on any atom is -0.393 e. The van der Waals surface area contributed by atoms with Crippen molar-refractivity contribution in [2.45, 2.75) is 56.7 Å². The fourth-order valence-corrected chi connectivity index (χ4v) is 4.10. The number of anilines is 1. The number of carbonyl (C=O) groups excluding carboxylic acids is 1. The Hall–Kier alpha value is -3.40. The number of aromatic nitrogens is 1. The minimum absolute atomic E-state index is 0.0616. The molecule has 0 bridgehead atoms. The lowest BCUT2D eigenvalue weighted by molar-refractivity contribution is -0.117. The van der Waals surface area contributed by atoms with E-state index in [0.29, 0.717) is 36.6 Å². The molecular weight excluding hydrogens is 410 g/mol. The minimum atomic E-state index is -0.436. The van der Waals surface area contributed by atoms with Crippen molar-refractivity contribution in [1.82, 2.24) is 20.5 Å². The topological polar surface area (TPSA) is 144 Å². The molecule has 1 amide bonds. The number of pyridine rings is 1. The van der Waals surface area contributed by atoms with Crippen molar-refractivity contribution >= 4 is 23.6 Å². The summed E-state index contributed by atoms with van der Waals surface area (Å²) in [6.07, 6.45) is 9.01. The van der Waals surface area contributed by atoms with Crippen molar-refractivity contribution < 1.29 is 9.90 Å². The van der Waals surface area contributed by atoms with Crippen LogP contribution in [-0.4, -0.2) is 46.8 Å². The third-order valence-corrected chi connectivity index (χ3v) is 6.13. The second-order valence-corrected chi connectivity index (χ2v) is 8.32. The van der Waals surface area contributed by atoms with Gasteiger partial charge in [0, 0.05) is 37.6 Å². The normalized spacial score (nSPS) is 24.4. The molecule has 2 heterocycles. The molecule has 2 atom stereocenters. The van der Waals surface area contributed by atoms with E-state index in [9.17, 15) is 14.7 Å². The molecule has 4 rings (SSSR count). The number of hydrogen-bond acceptors (Lipinski definition) is 8. The Bertz CT molecular complexity index is 1050. The number of aliphatic hydroxyl groups excluding tert-OH is 1. The van der Waals surface area contributed by atoms with Crippen LogP contribution in [-0.2, 0) is 4.79 Å². The molecule has 10 nitrogen and oxygen atoms in total. The first-order chi connectivity index (χ1) is 15.5. The van der Waals surface area contributed by atoms with Crippen LogP contribution in [0.3, 0.4) is 0 Å². The monoisotopic (exact) mass is 439 g/mol. The lowest BCUT2D eigenvalue weighted by Gasteiger charge is -2.28. The molecule has 0 aromatic carbocycles. The van der Waals surface area contributed by atoms with Crippen molar-refractivity contribution in [3.63, 3.8) is 0 Å². The van der Waals surface area contributed by atoms with Crippen LogP contribution >= 0.6 is 0 Å².